The Kier molecular flexibility index (Phi) is 3.98. The van der Waals surface area contributed by atoms with E-state index in [1.54, 1.807) is 6.92 Å². The first-order chi connectivity index (χ1) is 6.66. The van der Waals surface area contributed by atoms with Gasteiger partial charge in [0.05, 0.1) is 12.6 Å². The van der Waals surface area contributed by atoms with Crippen LogP contribution in [-0.2, 0) is 4.74 Å². The smallest absolute Gasteiger partial charge is 0.130 e. The lowest BCUT2D eigenvalue weighted by Gasteiger charge is -2.13. The first kappa shape index (κ1) is 11.1. The average molecular weight is 201 g/mol. The van der Waals surface area contributed by atoms with Gasteiger partial charge in [-0.15, -0.1) is 0 Å². The summed E-state index contributed by atoms with van der Waals surface area (Å²) < 4.78 is 31.3. The van der Waals surface area contributed by atoms with Gasteiger partial charge in [-0.05, 0) is 19.1 Å². The number of nitrogens with two attached hydrogens (primary N) is 1. The van der Waals surface area contributed by atoms with E-state index in [9.17, 15) is 8.78 Å². The molecule has 1 aromatic rings. The van der Waals surface area contributed by atoms with Crippen LogP contribution in [-0.4, -0.2) is 13.2 Å². The van der Waals surface area contributed by atoms with E-state index >= 15 is 0 Å². The summed E-state index contributed by atoms with van der Waals surface area (Å²) in [6.45, 7) is 2.39. The Morgan fingerprint density at radius 3 is 2.43 bits per heavy atom. The molecule has 1 rings (SSSR count). The third-order valence-electron chi connectivity index (χ3n) is 1.87. The van der Waals surface area contributed by atoms with Gasteiger partial charge in [-0.1, -0.05) is 6.07 Å². The van der Waals surface area contributed by atoms with Crippen molar-refractivity contribution < 1.29 is 13.5 Å². The zero-order valence-electron chi connectivity index (χ0n) is 7.97. The Morgan fingerprint density at radius 1 is 1.36 bits per heavy atom. The third-order valence-corrected chi connectivity index (χ3v) is 1.87. The van der Waals surface area contributed by atoms with Crippen molar-refractivity contribution in [3.05, 3.63) is 35.4 Å². The fourth-order valence-corrected chi connectivity index (χ4v) is 1.19. The van der Waals surface area contributed by atoms with Gasteiger partial charge in [-0.25, -0.2) is 8.78 Å². The summed E-state index contributed by atoms with van der Waals surface area (Å²) in [5, 5.41) is 0. The van der Waals surface area contributed by atoms with E-state index in [0.717, 1.165) is 0 Å². The van der Waals surface area contributed by atoms with Gasteiger partial charge in [-0.3, -0.25) is 0 Å². The quantitative estimate of drug-likeness (QED) is 0.808. The second kappa shape index (κ2) is 5.02. The summed E-state index contributed by atoms with van der Waals surface area (Å²) in [7, 11) is 0. The zero-order chi connectivity index (χ0) is 10.6. The van der Waals surface area contributed by atoms with E-state index in [2.05, 4.69) is 0 Å². The van der Waals surface area contributed by atoms with Gasteiger partial charge in [0.25, 0.3) is 0 Å². The van der Waals surface area contributed by atoms with Crippen LogP contribution in [0.4, 0.5) is 8.78 Å². The first-order valence-electron chi connectivity index (χ1n) is 4.44. The maximum absolute atomic E-state index is 13.2. The Balaban J connectivity index is 2.82. The van der Waals surface area contributed by atoms with Crippen LogP contribution in [0.3, 0.4) is 0 Å². The van der Waals surface area contributed by atoms with E-state index in [1.807, 2.05) is 0 Å². The molecule has 1 unspecified atom stereocenters. The number of rotatable bonds is 4. The van der Waals surface area contributed by atoms with Gasteiger partial charge < -0.3 is 10.5 Å². The fraction of sp³-hybridized carbons (Fsp3) is 0.400. The van der Waals surface area contributed by atoms with Crippen LogP contribution < -0.4 is 5.73 Å². The normalized spacial score (nSPS) is 12.9. The molecule has 2 N–H and O–H groups in total. The van der Waals surface area contributed by atoms with Crippen molar-refractivity contribution in [2.45, 2.75) is 13.0 Å². The molecule has 2 nitrogen and oxygen atoms in total. The molecule has 0 saturated carbocycles. The molecule has 78 valence electrons. The van der Waals surface area contributed by atoms with Gasteiger partial charge in [0.15, 0.2) is 0 Å². The van der Waals surface area contributed by atoms with Crippen molar-refractivity contribution in [3.8, 4) is 0 Å². The minimum absolute atomic E-state index is 0.110. The molecule has 0 radical (unpaired) electrons. The number of hydrogen-bond donors (Lipinski definition) is 1. The molecule has 14 heavy (non-hydrogen) atoms. The van der Waals surface area contributed by atoms with Gasteiger partial charge in [0.2, 0.25) is 0 Å². The number of halogens is 2. The highest BCUT2D eigenvalue weighted by Gasteiger charge is 2.15. The fourth-order valence-electron chi connectivity index (χ4n) is 1.19. The zero-order valence-corrected chi connectivity index (χ0v) is 7.97. The van der Waals surface area contributed by atoms with Crippen LogP contribution in [0.1, 0.15) is 18.5 Å². The maximum Gasteiger partial charge on any atom is 0.130 e. The number of benzene rings is 1. The molecular weight excluding hydrogens is 188 g/mol. The van der Waals surface area contributed by atoms with Crippen LogP contribution in [0.5, 0.6) is 0 Å². The van der Waals surface area contributed by atoms with Crippen molar-refractivity contribution in [1.82, 2.24) is 0 Å². The van der Waals surface area contributed by atoms with E-state index < -0.39 is 17.7 Å². The van der Waals surface area contributed by atoms with Gasteiger partial charge in [0.1, 0.15) is 11.6 Å². The third kappa shape index (κ3) is 2.49. The number of ether oxygens (including phenoxy) is 1. The summed E-state index contributed by atoms with van der Waals surface area (Å²) in [5.74, 6) is -1.26. The van der Waals surface area contributed by atoms with E-state index in [-0.39, 0.29) is 12.2 Å². The van der Waals surface area contributed by atoms with Gasteiger partial charge in [0, 0.05) is 12.2 Å². The average Bonchev–Trinajstić information content (AvgIpc) is 2.14. The molecule has 0 spiro atoms. The lowest BCUT2D eigenvalue weighted by Crippen LogP contribution is -2.20. The van der Waals surface area contributed by atoms with E-state index in [1.165, 1.54) is 18.2 Å². The molecule has 0 aromatic heterocycles. The van der Waals surface area contributed by atoms with E-state index in [4.69, 9.17) is 10.5 Å². The van der Waals surface area contributed by atoms with Crippen molar-refractivity contribution in [1.29, 1.82) is 0 Å². The van der Waals surface area contributed by atoms with Crippen molar-refractivity contribution in [2.24, 2.45) is 5.73 Å². The predicted octanol–water partition coefficient (Wildman–Crippen LogP) is 2.00. The first-order valence-corrected chi connectivity index (χ1v) is 4.44. The molecule has 0 heterocycles. The summed E-state index contributed by atoms with van der Waals surface area (Å²) in [4.78, 5) is 0. The molecule has 4 heteroatoms. The standard InChI is InChI=1S/C10H13F2NO/c1-2-14-6-9(13)10-7(11)4-3-5-8(10)12/h3-5,9H,2,6,13H2,1H3. The van der Waals surface area contributed by atoms with Crippen LogP contribution in [0.2, 0.25) is 0 Å². The van der Waals surface area contributed by atoms with Gasteiger partial charge in [-0.2, -0.15) is 0 Å². The molecule has 1 atom stereocenters. The monoisotopic (exact) mass is 201 g/mol. The maximum atomic E-state index is 13.2. The second-order valence-corrected chi connectivity index (χ2v) is 2.90. The molecule has 0 saturated heterocycles. The minimum atomic E-state index is -0.754. The second-order valence-electron chi connectivity index (χ2n) is 2.90. The molecule has 0 aliphatic heterocycles. The highest BCUT2D eigenvalue weighted by atomic mass is 19.1. The largest absolute Gasteiger partial charge is 0.380 e. The Hall–Kier alpha value is -1.00. The SMILES string of the molecule is CCOCC(N)c1c(F)cccc1F. The Labute approximate surface area is 81.7 Å². The predicted molar refractivity (Wildman–Crippen MR) is 49.8 cm³/mol. The molecule has 0 aliphatic rings. The summed E-state index contributed by atoms with van der Waals surface area (Å²) in [6, 6.07) is 2.92. The summed E-state index contributed by atoms with van der Waals surface area (Å²) >= 11 is 0. The van der Waals surface area contributed by atoms with Gasteiger partial charge >= 0.3 is 0 Å². The highest BCUT2D eigenvalue weighted by Crippen LogP contribution is 2.18. The summed E-state index contributed by atoms with van der Waals surface area (Å²) in [5.41, 5.74) is 5.47. The molecule has 0 amide bonds. The van der Waals surface area contributed by atoms with Crippen molar-refractivity contribution in [3.63, 3.8) is 0 Å². The number of hydrogen-bond acceptors (Lipinski definition) is 2. The Morgan fingerprint density at radius 2 is 1.93 bits per heavy atom. The molecular formula is C10H13F2NO. The van der Waals surface area contributed by atoms with E-state index in [0.29, 0.717) is 6.61 Å². The van der Waals surface area contributed by atoms with Crippen LogP contribution in [0.15, 0.2) is 18.2 Å². The van der Waals surface area contributed by atoms with Crippen LogP contribution >= 0.6 is 0 Å². The Bertz CT molecular complexity index is 284. The van der Waals surface area contributed by atoms with Crippen LogP contribution in [0, 0.1) is 11.6 Å². The van der Waals surface area contributed by atoms with Crippen molar-refractivity contribution in [2.75, 3.05) is 13.2 Å². The lowest BCUT2D eigenvalue weighted by molar-refractivity contribution is 0.131. The minimum Gasteiger partial charge on any atom is -0.380 e. The summed E-state index contributed by atoms with van der Waals surface area (Å²) in [6.07, 6.45) is 0. The molecule has 0 aliphatic carbocycles. The highest BCUT2D eigenvalue weighted by molar-refractivity contribution is 5.22. The molecule has 0 fully saturated rings. The molecule has 0 bridgehead atoms. The topological polar surface area (TPSA) is 35.2 Å². The molecule has 1 aromatic carbocycles. The van der Waals surface area contributed by atoms with Crippen molar-refractivity contribution >= 4 is 0 Å². The van der Waals surface area contributed by atoms with Crippen LogP contribution in [0.25, 0.3) is 0 Å². The lowest BCUT2D eigenvalue weighted by atomic mass is 10.1.